The molecule has 0 unspecified atom stereocenters. The first-order valence-electron chi connectivity index (χ1n) is 4.75. The van der Waals surface area contributed by atoms with E-state index in [4.69, 9.17) is 23.2 Å². The summed E-state index contributed by atoms with van der Waals surface area (Å²) in [6.07, 6.45) is 1.74. The predicted molar refractivity (Wildman–Crippen MR) is 67.1 cm³/mol. The van der Waals surface area contributed by atoms with E-state index in [2.05, 4.69) is 9.97 Å². The molecule has 17 heavy (non-hydrogen) atoms. The van der Waals surface area contributed by atoms with Gasteiger partial charge in [0, 0.05) is 17.0 Å². The minimum absolute atomic E-state index is 0. The monoisotopic (exact) mass is 445 g/mol. The summed E-state index contributed by atoms with van der Waals surface area (Å²) in [4.78, 5) is 8.59. The molecule has 0 fully saturated rings. The summed E-state index contributed by atoms with van der Waals surface area (Å²) >= 11 is 11.8. The second kappa shape index (κ2) is 4.93. The summed E-state index contributed by atoms with van der Waals surface area (Å²) in [5, 5.41) is 2.76. The fourth-order valence-electron chi connectivity index (χ4n) is 1.73. The van der Waals surface area contributed by atoms with Crippen molar-refractivity contribution in [3.63, 3.8) is 0 Å². The fraction of sp³-hybridized carbons (Fsp3) is 0. The molecule has 3 aromatic rings. The van der Waals surface area contributed by atoms with E-state index in [1.54, 1.807) is 12.3 Å². The van der Waals surface area contributed by atoms with Gasteiger partial charge in [-0.25, -0.2) is 4.98 Å². The quantitative estimate of drug-likeness (QED) is 0.296. The maximum absolute atomic E-state index is 5.92. The van der Waals surface area contributed by atoms with Crippen LogP contribution in [0, 0.1) is 0 Å². The van der Waals surface area contributed by atoms with E-state index in [1.807, 2.05) is 24.3 Å². The average Bonchev–Trinajstić information content (AvgIpc) is 2.31. The third-order valence-electron chi connectivity index (χ3n) is 2.47. The summed E-state index contributed by atoms with van der Waals surface area (Å²) in [7, 11) is 0. The van der Waals surface area contributed by atoms with Gasteiger partial charge < -0.3 is 0 Å². The molecule has 3 rings (SSSR count). The average molecular weight is 446 g/mol. The summed E-state index contributed by atoms with van der Waals surface area (Å²) in [6.45, 7) is 0. The van der Waals surface area contributed by atoms with Crippen molar-refractivity contribution >= 4 is 45.0 Å². The molecular weight excluding hydrogens is 440 g/mol. The van der Waals surface area contributed by atoms with Crippen LogP contribution in [0.5, 0.6) is 0 Å². The van der Waals surface area contributed by atoms with E-state index in [-0.39, 0.29) is 22.4 Å². The van der Waals surface area contributed by atoms with Crippen molar-refractivity contribution < 1.29 is 22.4 Å². The minimum atomic E-state index is 0. The molecule has 2 heterocycles. The Morgan fingerprint density at radius 3 is 2.53 bits per heavy atom. The first-order valence-corrected chi connectivity index (χ1v) is 5.51. The van der Waals surface area contributed by atoms with Gasteiger partial charge in [0.15, 0.2) is 0 Å². The standard InChI is InChI=1S/C12H6Cl2N2.Au/c13-9-6-8-4-3-7-2-1-5-15-10(7)11(8)16-12(9)14;/h1-6H;/q;+3. The second-order valence-electron chi connectivity index (χ2n) is 3.47. The summed E-state index contributed by atoms with van der Waals surface area (Å²) < 4.78 is 0. The van der Waals surface area contributed by atoms with Crippen molar-refractivity contribution in [2.24, 2.45) is 0 Å². The Morgan fingerprint density at radius 2 is 1.71 bits per heavy atom. The molecule has 0 atom stereocenters. The minimum Gasteiger partial charge on any atom is -0.254 e. The Balaban J connectivity index is 0.00000108. The molecule has 0 amide bonds. The Kier molecular flexibility index (Phi) is 3.71. The molecule has 0 spiro atoms. The molecule has 0 radical (unpaired) electrons. The zero-order valence-electron chi connectivity index (χ0n) is 8.42. The number of halogens is 2. The first kappa shape index (κ1) is 12.8. The summed E-state index contributed by atoms with van der Waals surface area (Å²) in [5.41, 5.74) is 1.63. The van der Waals surface area contributed by atoms with Gasteiger partial charge in [0.25, 0.3) is 0 Å². The van der Waals surface area contributed by atoms with Gasteiger partial charge in [-0.15, -0.1) is 0 Å². The first-order chi connectivity index (χ1) is 7.75. The number of pyridine rings is 2. The number of fused-ring (bicyclic) bond motifs is 3. The molecule has 0 aliphatic rings. The van der Waals surface area contributed by atoms with Crippen LogP contribution in [0.4, 0.5) is 0 Å². The third kappa shape index (κ3) is 2.19. The van der Waals surface area contributed by atoms with Gasteiger partial charge in [-0.1, -0.05) is 41.4 Å². The van der Waals surface area contributed by atoms with Gasteiger partial charge in [-0.2, -0.15) is 0 Å². The van der Waals surface area contributed by atoms with Gasteiger partial charge in [-0.05, 0) is 12.1 Å². The normalized spacial score (nSPS) is 10.5. The maximum Gasteiger partial charge on any atom is 3.00 e. The number of rotatable bonds is 0. The van der Waals surface area contributed by atoms with Crippen LogP contribution in [0.1, 0.15) is 0 Å². The molecule has 0 aliphatic carbocycles. The van der Waals surface area contributed by atoms with E-state index in [9.17, 15) is 0 Å². The number of aromatic nitrogens is 2. The van der Waals surface area contributed by atoms with Gasteiger partial charge in [-0.3, -0.25) is 4.98 Å². The van der Waals surface area contributed by atoms with Crippen LogP contribution in [-0.4, -0.2) is 9.97 Å². The largest absolute Gasteiger partial charge is 3.00 e. The van der Waals surface area contributed by atoms with Crippen LogP contribution in [0.3, 0.4) is 0 Å². The molecule has 2 nitrogen and oxygen atoms in total. The van der Waals surface area contributed by atoms with Crippen LogP contribution in [-0.2, 0) is 22.4 Å². The van der Waals surface area contributed by atoms with Crippen LogP contribution in [0.2, 0.25) is 10.2 Å². The molecular formula is C12H6AuCl2N2+3. The van der Waals surface area contributed by atoms with E-state index in [1.165, 1.54) is 0 Å². The zero-order valence-corrected chi connectivity index (χ0v) is 12.1. The van der Waals surface area contributed by atoms with E-state index >= 15 is 0 Å². The Morgan fingerprint density at radius 1 is 0.941 bits per heavy atom. The van der Waals surface area contributed by atoms with Gasteiger partial charge in [0.05, 0.1) is 16.1 Å². The zero-order chi connectivity index (χ0) is 11.1. The van der Waals surface area contributed by atoms with E-state index in [0.29, 0.717) is 10.2 Å². The SMILES string of the molecule is Clc1cc2ccc3cccnc3c2nc1Cl.[Au+3]. The van der Waals surface area contributed by atoms with Crippen molar-refractivity contribution in [2.75, 3.05) is 0 Å². The van der Waals surface area contributed by atoms with Crippen molar-refractivity contribution in [3.8, 4) is 0 Å². The van der Waals surface area contributed by atoms with E-state index in [0.717, 1.165) is 21.8 Å². The van der Waals surface area contributed by atoms with Crippen molar-refractivity contribution in [1.82, 2.24) is 9.97 Å². The third-order valence-corrected chi connectivity index (χ3v) is 3.14. The van der Waals surface area contributed by atoms with Crippen LogP contribution >= 0.6 is 23.2 Å². The van der Waals surface area contributed by atoms with Gasteiger partial charge in [0.2, 0.25) is 0 Å². The Bertz CT molecular complexity index is 700. The smallest absolute Gasteiger partial charge is 0.254 e. The second-order valence-corrected chi connectivity index (χ2v) is 4.24. The summed E-state index contributed by atoms with van der Waals surface area (Å²) in [6, 6.07) is 9.66. The fourth-order valence-corrected chi connectivity index (χ4v) is 2.03. The van der Waals surface area contributed by atoms with Gasteiger partial charge in [0.1, 0.15) is 5.15 Å². The molecule has 0 N–H and O–H groups in total. The van der Waals surface area contributed by atoms with Gasteiger partial charge >= 0.3 is 22.4 Å². The number of hydrogen-bond acceptors (Lipinski definition) is 2. The predicted octanol–water partition coefficient (Wildman–Crippen LogP) is 4.09. The molecule has 0 saturated heterocycles. The van der Waals surface area contributed by atoms with Crippen LogP contribution in [0.15, 0.2) is 36.5 Å². The molecule has 2 aromatic heterocycles. The number of benzene rings is 1. The van der Waals surface area contributed by atoms with E-state index < -0.39 is 0 Å². The maximum atomic E-state index is 5.92. The van der Waals surface area contributed by atoms with Crippen LogP contribution < -0.4 is 0 Å². The van der Waals surface area contributed by atoms with Crippen molar-refractivity contribution in [3.05, 3.63) is 46.7 Å². The molecule has 86 valence electrons. The number of nitrogens with zero attached hydrogens (tertiary/aromatic N) is 2. The molecule has 1 aromatic carbocycles. The molecule has 0 saturated carbocycles. The molecule has 0 bridgehead atoms. The Hall–Kier alpha value is -0.640. The summed E-state index contributed by atoms with van der Waals surface area (Å²) in [5.74, 6) is 0. The van der Waals surface area contributed by atoms with Crippen molar-refractivity contribution in [1.29, 1.82) is 0 Å². The Labute approximate surface area is 123 Å². The number of hydrogen-bond donors (Lipinski definition) is 0. The molecule has 0 aliphatic heterocycles. The molecule has 5 heteroatoms. The van der Waals surface area contributed by atoms with Crippen molar-refractivity contribution in [2.45, 2.75) is 0 Å². The van der Waals surface area contributed by atoms with Crippen LogP contribution in [0.25, 0.3) is 21.8 Å². The topological polar surface area (TPSA) is 25.8 Å².